The average molecular weight is 1270 g/mol. The predicted molar refractivity (Wildman–Crippen MR) is 294 cm³/mol. The van der Waals surface area contributed by atoms with E-state index in [4.69, 9.17) is 28.4 Å². The summed E-state index contributed by atoms with van der Waals surface area (Å²) in [6.45, 7) is 12.0. The number of carbonyl (C=O) groups is 4. The van der Waals surface area contributed by atoms with Crippen molar-refractivity contribution in [2.24, 2.45) is 50.2 Å². The van der Waals surface area contributed by atoms with E-state index in [1.165, 1.54) is 9.15 Å². The Morgan fingerprint density at radius 2 is 1.38 bits per heavy atom. The van der Waals surface area contributed by atoms with E-state index in [0.717, 1.165) is 12.7 Å². The van der Waals surface area contributed by atoms with Crippen molar-refractivity contribution < 1.29 is 98.7 Å². The quantitative estimate of drug-likeness (QED) is 0.0376. The van der Waals surface area contributed by atoms with Gasteiger partial charge in [0, 0.05) is 0 Å². The molecule has 24 atom stereocenters. The molecular weight excluding hydrogens is 1180 g/mol. The number of aliphatic hydroxyl groups excluding tert-OH is 9. The van der Waals surface area contributed by atoms with Crippen LogP contribution >= 0.6 is 0 Å². The van der Waals surface area contributed by atoms with Crippen LogP contribution in [0.25, 0.3) is 0 Å². The third-order valence-electron chi connectivity index (χ3n) is 21.7. The molecule has 5 aliphatic carbocycles. The van der Waals surface area contributed by atoms with E-state index >= 15 is 0 Å². The fraction of sp³-hybridized carbons (Fsp3) is 0.797. The van der Waals surface area contributed by atoms with Gasteiger partial charge in [0.2, 0.25) is 0 Å². The van der Waals surface area contributed by atoms with E-state index in [2.05, 4.69) is 66.1 Å². The first-order valence-electron chi connectivity index (χ1n) is 29.3. The minimum atomic E-state index is -2.31. The van der Waals surface area contributed by atoms with Crippen molar-refractivity contribution in [2.75, 3.05) is 26.3 Å². The van der Waals surface area contributed by atoms with Crippen molar-refractivity contribution in [3.8, 4) is 0 Å². The summed E-state index contributed by atoms with van der Waals surface area (Å²) in [5.74, 6) is -2.79. The number of fused-ring (bicyclic) bond motifs is 7. The van der Waals surface area contributed by atoms with Gasteiger partial charge in [0.05, 0.1) is 24.7 Å². The van der Waals surface area contributed by atoms with Gasteiger partial charge in [-0.15, -0.1) is 0 Å². The van der Waals surface area contributed by atoms with Crippen LogP contribution in [0, 0.1) is 50.2 Å². The number of nitrogens with one attached hydrogen (secondary N) is 2. The van der Waals surface area contributed by atoms with Crippen LogP contribution in [0.3, 0.4) is 0 Å². The summed E-state index contributed by atoms with van der Waals surface area (Å²) in [6, 6.07) is 7.79. The van der Waals surface area contributed by atoms with Crippen molar-refractivity contribution in [1.29, 1.82) is 0 Å². The predicted octanol–water partition coefficient (Wildman–Crippen LogP) is 0.594. The van der Waals surface area contributed by atoms with Gasteiger partial charge in [0.15, 0.2) is 25.0 Å². The van der Waals surface area contributed by atoms with Crippen LogP contribution < -0.4 is 14.2 Å². The van der Waals surface area contributed by atoms with Crippen LogP contribution in [-0.4, -0.2) is 218 Å². The first-order valence-corrected chi connectivity index (χ1v) is 39.3. The van der Waals surface area contributed by atoms with Crippen LogP contribution in [0.2, 0.25) is 14.8 Å². The smallest absolute Gasteiger partial charge is 0.479 e. The maximum absolute atomic E-state index is 14.9. The number of ether oxygens (including phenoxy) is 6. The van der Waals surface area contributed by atoms with Crippen LogP contribution in [-0.2, 0) is 42.8 Å². The molecule has 3 aliphatic heterocycles. The molecule has 7 fully saturated rings. The fourth-order valence-electron chi connectivity index (χ4n) is 16.6. The van der Waals surface area contributed by atoms with E-state index < -0.39 is 163 Å². The molecule has 3 saturated heterocycles. The molecule has 460 valence electrons. The molecule has 2 amide bonds. The summed E-state index contributed by atoms with van der Waals surface area (Å²) in [4.78, 5) is 61.9. The van der Waals surface area contributed by atoms with Crippen molar-refractivity contribution >= 4 is 46.0 Å². The SMILES string of the molecule is CC1(C)CC[C@]2(C(=O)NCCNC(=O)c3cc[c]([Sn]([CH3])([CH3])[CH3])cc3)[C@H](O)C[C@]3(C)C(=CC[C@@H]4[C@@]5(C)CC[C@H](O[C@@H]6O[C@H](C(=O)O)[C@@H](O)[C@H](O[C@@H]7OC[C@@H](O)[C@H](O)[C@H]7O)[C@H]6O[C@@H]6O[C@H](CO)[C@H](O)[C@H](O)[C@H]6O)[C@@](C)(C=O)[C@@H]5CC[C@]43C)[C@@H]2C1. The fourth-order valence-corrected chi connectivity index (χ4v) is 19.9. The summed E-state index contributed by atoms with van der Waals surface area (Å²) in [7, 11) is 0. The number of hydrogen-bond donors (Lipinski definition) is 12. The van der Waals surface area contributed by atoms with Crippen LogP contribution in [0.1, 0.15) is 110 Å². The van der Waals surface area contributed by atoms with E-state index in [9.17, 15) is 70.2 Å². The number of carboxylic acid groups (broad SMARTS) is 1. The number of hydrogen-bond acceptors (Lipinski definition) is 19. The number of carboxylic acids is 1. The summed E-state index contributed by atoms with van der Waals surface area (Å²) in [6.07, 6.45) is -20.3. The summed E-state index contributed by atoms with van der Waals surface area (Å²) in [5, 5.41) is 115. The molecule has 22 nitrogen and oxygen atoms in total. The van der Waals surface area contributed by atoms with Gasteiger partial charge in [-0.2, -0.15) is 0 Å². The normalized spacial score (nSPS) is 46.4. The van der Waals surface area contributed by atoms with Crippen LogP contribution in [0.15, 0.2) is 35.9 Å². The van der Waals surface area contributed by atoms with Gasteiger partial charge in [-0.3, -0.25) is 0 Å². The zero-order chi connectivity index (χ0) is 60.0. The molecule has 0 radical (unpaired) electrons. The van der Waals surface area contributed by atoms with E-state index in [1.807, 2.05) is 24.3 Å². The van der Waals surface area contributed by atoms with E-state index in [1.54, 1.807) is 6.92 Å². The van der Waals surface area contributed by atoms with Gasteiger partial charge in [-0.05, 0) is 84.9 Å². The zero-order valence-electron chi connectivity index (χ0n) is 48.7. The molecule has 1 aromatic rings. The second-order valence-electron chi connectivity index (χ2n) is 27.9. The Morgan fingerprint density at radius 1 is 0.720 bits per heavy atom. The third kappa shape index (κ3) is 10.9. The summed E-state index contributed by atoms with van der Waals surface area (Å²) < 4.78 is 37.5. The zero-order valence-corrected chi connectivity index (χ0v) is 51.5. The molecular formula is C59H90N2O20Sn. The molecule has 0 aromatic heterocycles. The number of aliphatic carboxylic acids is 1. The summed E-state index contributed by atoms with van der Waals surface area (Å²) >= 11 is -2.31. The molecule has 12 N–H and O–H groups in total. The van der Waals surface area contributed by atoms with Gasteiger partial charge in [0.1, 0.15) is 67.3 Å². The number of amides is 2. The van der Waals surface area contributed by atoms with Crippen LogP contribution in [0.5, 0.6) is 0 Å². The van der Waals surface area contributed by atoms with Crippen molar-refractivity contribution in [3.63, 3.8) is 0 Å². The first kappa shape index (κ1) is 63.7. The van der Waals surface area contributed by atoms with E-state index in [0.29, 0.717) is 50.5 Å². The first-order chi connectivity index (χ1) is 38.3. The van der Waals surface area contributed by atoms with Gasteiger partial charge in [0.25, 0.3) is 0 Å². The van der Waals surface area contributed by atoms with Crippen molar-refractivity contribution in [1.82, 2.24) is 10.6 Å². The number of aldehydes is 1. The third-order valence-corrected chi connectivity index (χ3v) is 27.6. The Bertz CT molecular complexity index is 2550. The van der Waals surface area contributed by atoms with Gasteiger partial charge in [-0.1, -0.05) is 53.2 Å². The molecule has 1 aromatic carbocycles. The monoisotopic (exact) mass is 1270 g/mol. The average Bonchev–Trinajstić information content (AvgIpc) is 0.759. The Morgan fingerprint density at radius 3 is 2.02 bits per heavy atom. The molecule has 8 aliphatic rings. The molecule has 9 rings (SSSR count). The Labute approximate surface area is 483 Å². The Balaban J connectivity index is 0.976. The molecule has 0 unspecified atom stereocenters. The minimum Gasteiger partial charge on any atom is -0.479 e. The summed E-state index contributed by atoms with van der Waals surface area (Å²) in [5.41, 5.74) is -2.37. The topological polar surface area (TPSA) is 350 Å². The standard InChI is InChI=1S/C56H81N2O20.3CH3.Sn/c1-51(2)18-19-56(50(72)58-21-20-57-45(69)27-10-8-7-9-11-27)29(22-51)28-12-13-33-52(3)16-15-35(53(4,26-60)32(52)14-17-54(33,5)55(28,6)23-34(56)62)75-49-44(78-48-40(67)38(65)37(64)31(24-59)74-48)42(41(68)43(77-49)46(70)71)76-47-39(66)36(63)30(61)25-73-47;;;;/h8-12,26,29-44,47-49,59,61-68H,13-25H2,1-6H3,(H,57,69)(H,58,72)(H,70,71);3*1H3;/t29-,30+,31+,32+,33+,34+,35-,36-,37-,38-,39+,40+,41-,42-,43-,44+,47-,48-,49+,52-,53-,54+,55+,56+;;;;/m0..../s1. The number of allylic oxidation sites excluding steroid dienone is 2. The van der Waals surface area contributed by atoms with Crippen molar-refractivity contribution in [3.05, 3.63) is 41.5 Å². The molecule has 3 heterocycles. The van der Waals surface area contributed by atoms with Gasteiger partial charge < -0.3 is 84.3 Å². The minimum absolute atomic E-state index is 0.0393. The van der Waals surface area contributed by atoms with Gasteiger partial charge in [-0.25, -0.2) is 4.79 Å². The molecule has 0 spiro atoms. The Kier molecular flexibility index (Phi) is 18.2. The number of carbonyl (C=O) groups excluding carboxylic acids is 3. The maximum atomic E-state index is 14.9. The second-order valence-corrected chi connectivity index (χ2v) is 42.4. The second kappa shape index (κ2) is 23.4. The van der Waals surface area contributed by atoms with E-state index in [-0.39, 0.29) is 54.5 Å². The molecule has 82 heavy (non-hydrogen) atoms. The van der Waals surface area contributed by atoms with Crippen LogP contribution in [0.4, 0.5) is 0 Å². The molecule has 4 saturated carbocycles. The Hall–Kier alpha value is -2.76. The number of benzene rings is 1. The number of rotatable bonds is 15. The molecule has 0 bridgehead atoms. The van der Waals surface area contributed by atoms with Gasteiger partial charge >= 0.3 is 142 Å². The number of aliphatic hydroxyl groups is 9. The van der Waals surface area contributed by atoms with Crippen molar-refractivity contribution in [2.45, 2.75) is 212 Å². The molecule has 23 heteroatoms.